The highest BCUT2D eigenvalue weighted by atomic mass is 35.5. The predicted octanol–water partition coefficient (Wildman–Crippen LogP) is 2.76. The van der Waals surface area contributed by atoms with E-state index in [-0.39, 0.29) is 5.38 Å². The van der Waals surface area contributed by atoms with E-state index in [4.69, 9.17) is 11.6 Å². The van der Waals surface area contributed by atoms with Crippen LogP contribution in [0, 0.1) is 0 Å². The molecular weight excluding hydrogens is 148 g/mol. The highest BCUT2D eigenvalue weighted by Crippen LogP contribution is 2.07. The lowest BCUT2D eigenvalue weighted by atomic mass is 10.1. The fourth-order valence-electron chi connectivity index (χ4n) is 0.834. The molecule has 0 heterocycles. The highest BCUT2D eigenvalue weighted by molar-refractivity contribution is 6.27. The summed E-state index contributed by atoms with van der Waals surface area (Å²) in [7, 11) is 0. The van der Waals surface area contributed by atoms with Crippen molar-refractivity contribution in [2.75, 3.05) is 0 Å². The summed E-state index contributed by atoms with van der Waals surface area (Å²) in [5.41, 5.74) is 0. The lowest BCUT2D eigenvalue weighted by Crippen LogP contribution is -1.98. The molecule has 0 N–H and O–H groups in total. The van der Waals surface area contributed by atoms with E-state index in [2.05, 4.69) is 6.92 Å². The Kier molecular flexibility index (Phi) is 7.04. The van der Waals surface area contributed by atoms with Crippen molar-refractivity contribution < 1.29 is 4.79 Å². The van der Waals surface area contributed by atoms with Gasteiger partial charge in [-0.1, -0.05) is 32.6 Å². The molecular formula is C8H15ClO. The first-order valence-electron chi connectivity index (χ1n) is 3.90. The Morgan fingerprint density at radius 3 is 2.60 bits per heavy atom. The van der Waals surface area contributed by atoms with E-state index >= 15 is 0 Å². The van der Waals surface area contributed by atoms with Crippen molar-refractivity contribution in [2.45, 2.75) is 44.4 Å². The summed E-state index contributed by atoms with van der Waals surface area (Å²) < 4.78 is 0. The first kappa shape index (κ1) is 9.96. The molecule has 0 radical (unpaired) electrons. The summed E-state index contributed by atoms with van der Waals surface area (Å²) in [5.74, 6) is 0. The molecule has 0 aliphatic rings. The van der Waals surface area contributed by atoms with Gasteiger partial charge in [0.1, 0.15) is 6.29 Å². The average molecular weight is 163 g/mol. The van der Waals surface area contributed by atoms with Crippen molar-refractivity contribution in [1.29, 1.82) is 0 Å². The van der Waals surface area contributed by atoms with E-state index in [1.807, 2.05) is 0 Å². The van der Waals surface area contributed by atoms with Crippen LogP contribution in [0.5, 0.6) is 0 Å². The molecule has 10 heavy (non-hydrogen) atoms. The molecule has 0 saturated carbocycles. The van der Waals surface area contributed by atoms with Crippen LogP contribution in [0.2, 0.25) is 0 Å². The SMILES string of the molecule is CCCCCC[C@@H](Cl)C=O. The fourth-order valence-corrected chi connectivity index (χ4v) is 0.988. The summed E-state index contributed by atoms with van der Waals surface area (Å²) in [6.07, 6.45) is 6.42. The smallest absolute Gasteiger partial charge is 0.137 e. The Morgan fingerprint density at radius 1 is 1.40 bits per heavy atom. The van der Waals surface area contributed by atoms with Gasteiger partial charge in [-0.15, -0.1) is 11.6 Å². The molecule has 0 saturated heterocycles. The van der Waals surface area contributed by atoms with Gasteiger partial charge in [0.15, 0.2) is 0 Å². The van der Waals surface area contributed by atoms with Crippen LogP contribution in [0.3, 0.4) is 0 Å². The standard InChI is InChI=1S/C8H15ClO/c1-2-3-4-5-6-8(9)7-10/h7-8H,2-6H2,1H3/t8-/m1/s1. The molecule has 1 atom stereocenters. The summed E-state index contributed by atoms with van der Waals surface area (Å²) >= 11 is 5.58. The molecule has 0 fully saturated rings. The topological polar surface area (TPSA) is 17.1 Å². The predicted molar refractivity (Wildman–Crippen MR) is 44.5 cm³/mol. The zero-order valence-electron chi connectivity index (χ0n) is 6.48. The second-order valence-corrected chi connectivity index (χ2v) is 3.06. The van der Waals surface area contributed by atoms with Crippen molar-refractivity contribution >= 4 is 17.9 Å². The van der Waals surface area contributed by atoms with E-state index < -0.39 is 0 Å². The van der Waals surface area contributed by atoms with Crippen molar-refractivity contribution in [3.05, 3.63) is 0 Å². The van der Waals surface area contributed by atoms with E-state index in [9.17, 15) is 4.79 Å². The largest absolute Gasteiger partial charge is 0.302 e. The van der Waals surface area contributed by atoms with Gasteiger partial charge in [0, 0.05) is 0 Å². The molecule has 0 rings (SSSR count). The Labute approximate surface area is 67.8 Å². The summed E-state index contributed by atoms with van der Waals surface area (Å²) in [4.78, 5) is 10.0. The lowest BCUT2D eigenvalue weighted by molar-refractivity contribution is -0.107. The van der Waals surface area contributed by atoms with Gasteiger partial charge >= 0.3 is 0 Å². The molecule has 2 heteroatoms. The Bertz CT molecular complexity index is 83.3. The zero-order valence-corrected chi connectivity index (χ0v) is 7.23. The average Bonchev–Trinajstić information content (AvgIpc) is 1.98. The zero-order chi connectivity index (χ0) is 7.82. The van der Waals surface area contributed by atoms with Gasteiger partial charge in [-0.2, -0.15) is 0 Å². The minimum Gasteiger partial charge on any atom is -0.302 e. The number of carbonyl (C=O) groups is 1. The third kappa shape index (κ3) is 6.09. The van der Waals surface area contributed by atoms with E-state index in [1.165, 1.54) is 19.3 Å². The first-order chi connectivity index (χ1) is 4.81. The molecule has 0 aromatic rings. The van der Waals surface area contributed by atoms with Gasteiger partial charge in [0.25, 0.3) is 0 Å². The maximum absolute atomic E-state index is 10.0. The quantitative estimate of drug-likeness (QED) is 0.334. The van der Waals surface area contributed by atoms with E-state index in [0.717, 1.165) is 19.1 Å². The van der Waals surface area contributed by atoms with Crippen molar-refractivity contribution in [2.24, 2.45) is 0 Å². The van der Waals surface area contributed by atoms with Gasteiger partial charge in [-0.3, -0.25) is 0 Å². The Balaban J connectivity index is 2.95. The van der Waals surface area contributed by atoms with Gasteiger partial charge in [0.05, 0.1) is 5.38 Å². The van der Waals surface area contributed by atoms with E-state index in [0.29, 0.717) is 0 Å². The molecule has 0 amide bonds. The summed E-state index contributed by atoms with van der Waals surface area (Å²) in [6, 6.07) is 0. The number of halogens is 1. The number of hydrogen-bond donors (Lipinski definition) is 0. The lowest BCUT2D eigenvalue weighted by Gasteiger charge is -1.99. The molecule has 0 aromatic carbocycles. The molecule has 0 aliphatic heterocycles. The van der Waals surface area contributed by atoms with Gasteiger partial charge in [0.2, 0.25) is 0 Å². The molecule has 0 aromatic heterocycles. The number of unbranched alkanes of at least 4 members (excludes halogenated alkanes) is 3. The highest BCUT2D eigenvalue weighted by Gasteiger charge is 1.99. The third-order valence-electron chi connectivity index (χ3n) is 1.48. The number of hydrogen-bond acceptors (Lipinski definition) is 1. The molecule has 0 aliphatic carbocycles. The van der Waals surface area contributed by atoms with Crippen LogP contribution in [0.15, 0.2) is 0 Å². The third-order valence-corrected chi connectivity index (χ3v) is 1.80. The van der Waals surface area contributed by atoms with Crippen LogP contribution in [0.1, 0.15) is 39.0 Å². The van der Waals surface area contributed by atoms with Crippen molar-refractivity contribution in [3.63, 3.8) is 0 Å². The van der Waals surface area contributed by atoms with Crippen LogP contribution in [-0.2, 0) is 4.79 Å². The molecule has 60 valence electrons. The number of aldehydes is 1. The van der Waals surface area contributed by atoms with Crippen LogP contribution in [-0.4, -0.2) is 11.7 Å². The van der Waals surface area contributed by atoms with Crippen molar-refractivity contribution in [1.82, 2.24) is 0 Å². The van der Waals surface area contributed by atoms with Gasteiger partial charge in [-0.25, -0.2) is 0 Å². The Hall–Kier alpha value is -0.0400. The van der Waals surface area contributed by atoms with Gasteiger partial charge < -0.3 is 4.79 Å². The fraction of sp³-hybridized carbons (Fsp3) is 0.875. The number of rotatable bonds is 6. The minimum absolute atomic E-state index is 0.253. The second-order valence-electron chi connectivity index (χ2n) is 2.50. The van der Waals surface area contributed by atoms with Crippen LogP contribution in [0.4, 0.5) is 0 Å². The molecule has 0 unspecified atom stereocenters. The maximum Gasteiger partial charge on any atom is 0.137 e. The van der Waals surface area contributed by atoms with Crippen LogP contribution in [0.25, 0.3) is 0 Å². The normalized spacial score (nSPS) is 13.0. The Morgan fingerprint density at radius 2 is 2.10 bits per heavy atom. The monoisotopic (exact) mass is 162 g/mol. The van der Waals surface area contributed by atoms with Crippen LogP contribution < -0.4 is 0 Å². The molecule has 0 spiro atoms. The maximum atomic E-state index is 10.0. The number of carbonyl (C=O) groups excluding carboxylic acids is 1. The van der Waals surface area contributed by atoms with Crippen molar-refractivity contribution in [3.8, 4) is 0 Å². The molecule has 1 nitrogen and oxygen atoms in total. The van der Waals surface area contributed by atoms with E-state index in [1.54, 1.807) is 0 Å². The van der Waals surface area contributed by atoms with Crippen LogP contribution >= 0.6 is 11.6 Å². The minimum atomic E-state index is -0.253. The number of alkyl halides is 1. The molecule has 0 bridgehead atoms. The summed E-state index contributed by atoms with van der Waals surface area (Å²) in [5, 5.41) is -0.253. The summed E-state index contributed by atoms with van der Waals surface area (Å²) in [6.45, 7) is 2.16. The van der Waals surface area contributed by atoms with Gasteiger partial charge in [-0.05, 0) is 6.42 Å². The second kappa shape index (κ2) is 7.07. The first-order valence-corrected chi connectivity index (χ1v) is 4.34.